The molecular formula is C13H20FNO. The highest BCUT2D eigenvalue weighted by Crippen LogP contribution is 2.09. The van der Waals surface area contributed by atoms with Crippen LogP contribution in [0.1, 0.15) is 24.5 Å². The SMILES string of the molecule is CCOCCCNCc1ccc(F)cc1C. The van der Waals surface area contributed by atoms with Gasteiger partial charge in [0.15, 0.2) is 0 Å². The zero-order valence-electron chi connectivity index (χ0n) is 10.1. The van der Waals surface area contributed by atoms with Crippen molar-refractivity contribution in [3.05, 3.63) is 35.1 Å². The van der Waals surface area contributed by atoms with Crippen LogP contribution < -0.4 is 5.32 Å². The summed E-state index contributed by atoms with van der Waals surface area (Å²) in [6, 6.07) is 4.90. The fraction of sp³-hybridized carbons (Fsp3) is 0.538. The van der Waals surface area contributed by atoms with Crippen LogP contribution in [0.15, 0.2) is 18.2 Å². The molecule has 0 aliphatic rings. The van der Waals surface area contributed by atoms with Crippen molar-refractivity contribution in [2.45, 2.75) is 26.8 Å². The van der Waals surface area contributed by atoms with Crippen molar-refractivity contribution in [2.24, 2.45) is 0 Å². The first-order valence-electron chi connectivity index (χ1n) is 5.77. The van der Waals surface area contributed by atoms with Gasteiger partial charge in [0.05, 0.1) is 0 Å². The lowest BCUT2D eigenvalue weighted by Crippen LogP contribution is -2.17. The predicted octanol–water partition coefficient (Wildman–Crippen LogP) is 2.65. The molecule has 1 aromatic rings. The molecule has 0 spiro atoms. The second-order valence-electron chi connectivity index (χ2n) is 3.80. The van der Waals surface area contributed by atoms with Gasteiger partial charge in [-0.15, -0.1) is 0 Å². The summed E-state index contributed by atoms with van der Waals surface area (Å²) >= 11 is 0. The van der Waals surface area contributed by atoms with Gasteiger partial charge in [0.25, 0.3) is 0 Å². The smallest absolute Gasteiger partial charge is 0.123 e. The van der Waals surface area contributed by atoms with E-state index in [1.165, 1.54) is 6.07 Å². The number of aryl methyl sites for hydroxylation is 1. The normalized spacial score (nSPS) is 10.7. The molecule has 3 heteroatoms. The van der Waals surface area contributed by atoms with E-state index in [4.69, 9.17) is 4.74 Å². The fourth-order valence-electron chi connectivity index (χ4n) is 1.52. The average Bonchev–Trinajstić information content (AvgIpc) is 2.26. The van der Waals surface area contributed by atoms with Crippen molar-refractivity contribution >= 4 is 0 Å². The van der Waals surface area contributed by atoms with Crippen LogP contribution in [0.5, 0.6) is 0 Å². The Labute approximate surface area is 96.8 Å². The number of ether oxygens (including phenoxy) is 1. The molecule has 0 heterocycles. The minimum Gasteiger partial charge on any atom is -0.382 e. The van der Waals surface area contributed by atoms with Crippen molar-refractivity contribution < 1.29 is 9.13 Å². The maximum absolute atomic E-state index is 12.8. The summed E-state index contributed by atoms with van der Waals surface area (Å²) in [6.45, 7) is 7.22. The third-order valence-corrected chi connectivity index (χ3v) is 2.47. The van der Waals surface area contributed by atoms with E-state index in [9.17, 15) is 4.39 Å². The zero-order chi connectivity index (χ0) is 11.8. The number of hydrogen-bond acceptors (Lipinski definition) is 2. The Morgan fingerprint density at radius 2 is 2.19 bits per heavy atom. The van der Waals surface area contributed by atoms with Gasteiger partial charge in [-0.1, -0.05) is 6.07 Å². The molecule has 0 saturated heterocycles. The number of nitrogens with one attached hydrogen (secondary N) is 1. The number of benzene rings is 1. The van der Waals surface area contributed by atoms with Crippen LogP contribution >= 0.6 is 0 Å². The van der Waals surface area contributed by atoms with E-state index in [0.29, 0.717) is 0 Å². The quantitative estimate of drug-likeness (QED) is 0.720. The Balaban J connectivity index is 2.21. The standard InChI is InChI=1S/C13H20FNO/c1-3-16-8-4-7-15-10-12-5-6-13(14)9-11(12)2/h5-6,9,15H,3-4,7-8,10H2,1-2H3. The second kappa shape index (κ2) is 7.36. The lowest BCUT2D eigenvalue weighted by molar-refractivity contribution is 0.144. The van der Waals surface area contributed by atoms with Crippen LogP contribution in [0.25, 0.3) is 0 Å². The highest BCUT2D eigenvalue weighted by Gasteiger charge is 1.99. The molecule has 0 aliphatic heterocycles. The van der Waals surface area contributed by atoms with E-state index in [0.717, 1.165) is 43.9 Å². The largest absolute Gasteiger partial charge is 0.382 e. The van der Waals surface area contributed by atoms with E-state index in [1.807, 2.05) is 19.9 Å². The fourth-order valence-corrected chi connectivity index (χ4v) is 1.52. The van der Waals surface area contributed by atoms with Crippen molar-refractivity contribution in [1.82, 2.24) is 5.32 Å². The van der Waals surface area contributed by atoms with Crippen LogP contribution in [0.2, 0.25) is 0 Å². The van der Waals surface area contributed by atoms with Gasteiger partial charge >= 0.3 is 0 Å². The topological polar surface area (TPSA) is 21.3 Å². The minimum atomic E-state index is -0.169. The molecule has 16 heavy (non-hydrogen) atoms. The molecule has 2 nitrogen and oxygen atoms in total. The molecule has 0 bridgehead atoms. The molecule has 90 valence electrons. The molecule has 0 unspecified atom stereocenters. The molecule has 0 aliphatic carbocycles. The number of hydrogen-bond donors (Lipinski definition) is 1. The Hall–Kier alpha value is -0.930. The van der Waals surface area contributed by atoms with Gasteiger partial charge in [-0.2, -0.15) is 0 Å². The van der Waals surface area contributed by atoms with E-state index in [-0.39, 0.29) is 5.82 Å². The van der Waals surface area contributed by atoms with Crippen LogP contribution in [0.3, 0.4) is 0 Å². The Morgan fingerprint density at radius 1 is 1.38 bits per heavy atom. The molecule has 0 aromatic heterocycles. The van der Waals surface area contributed by atoms with Crippen molar-refractivity contribution in [1.29, 1.82) is 0 Å². The average molecular weight is 225 g/mol. The molecule has 0 fully saturated rings. The monoisotopic (exact) mass is 225 g/mol. The molecular weight excluding hydrogens is 205 g/mol. The predicted molar refractivity (Wildman–Crippen MR) is 64.0 cm³/mol. The second-order valence-corrected chi connectivity index (χ2v) is 3.80. The Kier molecular flexibility index (Phi) is 6.04. The number of halogens is 1. The third kappa shape index (κ3) is 4.73. The zero-order valence-corrected chi connectivity index (χ0v) is 10.1. The van der Waals surface area contributed by atoms with Crippen molar-refractivity contribution in [2.75, 3.05) is 19.8 Å². The highest BCUT2D eigenvalue weighted by atomic mass is 19.1. The van der Waals surface area contributed by atoms with Crippen molar-refractivity contribution in [3.63, 3.8) is 0 Å². The Bertz CT molecular complexity index is 315. The minimum absolute atomic E-state index is 0.169. The van der Waals surface area contributed by atoms with Crippen molar-refractivity contribution in [3.8, 4) is 0 Å². The molecule has 0 saturated carbocycles. The molecule has 0 radical (unpaired) electrons. The molecule has 0 amide bonds. The summed E-state index contributed by atoms with van der Waals surface area (Å²) in [5.74, 6) is -0.169. The van der Waals surface area contributed by atoms with Gasteiger partial charge in [-0.3, -0.25) is 0 Å². The van der Waals surface area contributed by atoms with Gasteiger partial charge in [0, 0.05) is 19.8 Å². The van der Waals surface area contributed by atoms with Gasteiger partial charge in [-0.05, 0) is 50.1 Å². The summed E-state index contributed by atoms with van der Waals surface area (Å²) in [4.78, 5) is 0. The maximum atomic E-state index is 12.8. The van der Waals surface area contributed by atoms with E-state index in [1.54, 1.807) is 6.07 Å². The van der Waals surface area contributed by atoms with Gasteiger partial charge in [0.2, 0.25) is 0 Å². The van der Waals surface area contributed by atoms with E-state index >= 15 is 0 Å². The first-order chi connectivity index (χ1) is 7.74. The molecule has 1 aromatic carbocycles. The van der Waals surface area contributed by atoms with Crippen LogP contribution in [0, 0.1) is 12.7 Å². The van der Waals surface area contributed by atoms with E-state index in [2.05, 4.69) is 5.32 Å². The maximum Gasteiger partial charge on any atom is 0.123 e. The highest BCUT2D eigenvalue weighted by molar-refractivity contribution is 5.26. The van der Waals surface area contributed by atoms with Gasteiger partial charge in [0.1, 0.15) is 5.82 Å². The lowest BCUT2D eigenvalue weighted by atomic mass is 10.1. The van der Waals surface area contributed by atoms with Gasteiger partial charge in [-0.25, -0.2) is 4.39 Å². The summed E-state index contributed by atoms with van der Waals surface area (Å²) in [5, 5.41) is 3.32. The molecule has 1 N–H and O–H groups in total. The summed E-state index contributed by atoms with van der Waals surface area (Å²) < 4.78 is 18.1. The Morgan fingerprint density at radius 3 is 2.88 bits per heavy atom. The molecule has 1 rings (SSSR count). The van der Waals surface area contributed by atoms with Crippen LogP contribution in [-0.2, 0) is 11.3 Å². The number of rotatable bonds is 7. The first kappa shape index (κ1) is 13.1. The first-order valence-corrected chi connectivity index (χ1v) is 5.77. The summed E-state index contributed by atoms with van der Waals surface area (Å²) in [7, 11) is 0. The summed E-state index contributed by atoms with van der Waals surface area (Å²) in [5.41, 5.74) is 2.15. The molecule has 0 atom stereocenters. The summed E-state index contributed by atoms with van der Waals surface area (Å²) in [6.07, 6.45) is 1.01. The lowest BCUT2D eigenvalue weighted by Gasteiger charge is -2.07. The van der Waals surface area contributed by atoms with Crippen LogP contribution in [-0.4, -0.2) is 19.8 Å². The van der Waals surface area contributed by atoms with E-state index < -0.39 is 0 Å². The van der Waals surface area contributed by atoms with Crippen LogP contribution in [0.4, 0.5) is 4.39 Å². The third-order valence-electron chi connectivity index (χ3n) is 2.47. The van der Waals surface area contributed by atoms with Gasteiger partial charge < -0.3 is 10.1 Å².